The van der Waals surface area contributed by atoms with Crippen molar-refractivity contribution in [3.63, 3.8) is 0 Å². The molecule has 1 aliphatic heterocycles. The predicted octanol–water partition coefficient (Wildman–Crippen LogP) is 2.97. The molecule has 0 spiro atoms. The molecule has 110 valence electrons. The molecule has 1 aromatic heterocycles. The van der Waals surface area contributed by atoms with E-state index in [-0.39, 0.29) is 18.2 Å². The second-order valence-electron chi connectivity index (χ2n) is 5.11. The largest absolute Gasteiger partial charge is 0.476 e. The van der Waals surface area contributed by atoms with E-state index in [1.165, 1.54) is 26.0 Å². The minimum atomic E-state index is -1.67. The predicted molar refractivity (Wildman–Crippen MR) is 69.2 cm³/mol. The van der Waals surface area contributed by atoms with Gasteiger partial charge in [-0.1, -0.05) is 5.16 Å². The van der Waals surface area contributed by atoms with Crippen LogP contribution in [0, 0.1) is 0 Å². The number of aromatic carboxylic acids is 1. The maximum Gasteiger partial charge on any atom is 0.358 e. The van der Waals surface area contributed by atoms with Crippen molar-refractivity contribution in [1.82, 2.24) is 5.16 Å². The molecule has 2 aromatic rings. The molecule has 0 radical (unpaired) electrons. The van der Waals surface area contributed by atoms with Crippen molar-refractivity contribution in [2.45, 2.75) is 19.5 Å². The van der Waals surface area contributed by atoms with Gasteiger partial charge in [-0.25, -0.2) is 9.18 Å². The van der Waals surface area contributed by atoms with Crippen LogP contribution in [0.4, 0.5) is 4.39 Å². The number of halogens is 1. The number of hydrogen-bond donors (Lipinski definition) is 1. The number of rotatable bonds is 3. The lowest BCUT2D eigenvalue weighted by Gasteiger charge is -2.18. The lowest BCUT2D eigenvalue weighted by Crippen LogP contribution is -2.10. The minimum absolute atomic E-state index is 0.0573. The lowest BCUT2D eigenvalue weighted by molar-refractivity contribution is 0.0685. The highest BCUT2D eigenvalue weighted by atomic mass is 19.1. The first-order valence-corrected chi connectivity index (χ1v) is 6.19. The van der Waals surface area contributed by atoms with Crippen LogP contribution in [0.1, 0.15) is 29.9 Å². The highest BCUT2D eigenvalue weighted by molar-refractivity contribution is 5.86. The number of nitrogens with zero attached hydrogens (tertiary/aromatic N) is 1. The van der Waals surface area contributed by atoms with Gasteiger partial charge in [0.2, 0.25) is 6.79 Å². The molecule has 0 unspecified atom stereocenters. The van der Waals surface area contributed by atoms with Crippen LogP contribution in [-0.2, 0) is 5.67 Å². The molecule has 21 heavy (non-hydrogen) atoms. The van der Waals surface area contributed by atoms with Crippen LogP contribution in [0.25, 0.3) is 11.3 Å². The molecule has 0 saturated carbocycles. The molecule has 2 heterocycles. The molecule has 0 bridgehead atoms. The second-order valence-corrected chi connectivity index (χ2v) is 5.11. The molecule has 6 nitrogen and oxygen atoms in total. The van der Waals surface area contributed by atoms with Crippen LogP contribution in [0.15, 0.2) is 22.7 Å². The quantitative estimate of drug-likeness (QED) is 0.936. The standard InChI is InChI=1S/C14H12FNO5/c1-14(2,15)8-4-12-11(19-6-20-12)3-7(8)10-5-9(13(17)18)16-21-10/h3-5H,6H2,1-2H3,(H,17,18). The molecule has 7 heteroatoms. The number of ether oxygens (including phenoxy) is 2. The van der Waals surface area contributed by atoms with E-state index in [9.17, 15) is 9.18 Å². The summed E-state index contributed by atoms with van der Waals surface area (Å²) in [5.41, 5.74) is -1.23. The molecular weight excluding hydrogens is 281 g/mol. The number of hydrogen-bond acceptors (Lipinski definition) is 5. The first-order chi connectivity index (χ1) is 9.86. The van der Waals surface area contributed by atoms with Crippen LogP contribution >= 0.6 is 0 Å². The topological polar surface area (TPSA) is 81.8 Å². The zero-order chi connectivity index (χ0) is 15.2. The van der Waals surface area contributed by atoms with E-state index in [0.717, 1.165) is 0 Å². The molecule has 0 fully saturated rings. The monoisotopic (exact) mass is 293 g/mol. The third kappa shape index (κ3) is 2.31. The number of carboxylic acid groups (broad SMARTS) is 1. The van der Waals surface area contributed by atoms with E-state index in [1.807, 2.05) is 0 Å². The van der Waals surface area contributed by atoms with Crippen molar-refractivity contribution >= 4 is 5.97 Å². The fourth-order valence-electron chi connectivity index (χ4n) is 2.14. The van der Waals surface area contributed by atoms with E-state index < -0.39 is 11.6 Å². The Bertz CT molecular complexity index is 717. The summed E-state index contributed by atoms with van der Waals surface area (Å²) in [5, 5.41) is 12.3. The van der Waals surface area contributed by atoms with Crippen molar-refractivity contribution in [1.29, 1.82) is 0 Å². The Kier molecular flexibility index (Phi) is 2.86. The minimum Gasteiger partial charge on any atom is -0.476 e. The first kappa shape index (κ1) is 13.4. The van der Waals surface area contributed by atoms with Gasteiger partial charge >= 0.3 is 5.97 Å². The molecule has 0 aliphatic carbocycles. The number of aromatic nitrogens is 1. The summed E-state index contributed by atoms with van der Waals surface area (Å²) in [4.78, 5) is 10.9. The Balaban J connectivity index is 2.17. The zero-order valence-corrected chi connectivity index (χ0v) is 11.3. The second kappa shape index (κ2) is 4.47. The maximum absolute atomic E-state index is 14.4. The fourth-order valence-corrected chi connectivity index (χ4v) is 2.14. The Labute approximate surface area is 119 Å². The summed E-state index contributed by atoms with van der Waals surface area (Å²) < 4.78 is 29.9. The summed E-state index contributed by atoms with van der Waals surface area (Å²) in [6.07, 6.45) is 0. The molecular formula is C14H12FNO5. The number of benzene rings is 1. The summed E-state index contributed by atoms with van der Waals surface area (Å²) >= 11 is 0. The van der Waals surface area contributed by atoms with Gasteiger partial charge in [0.05, 0.1) is 0 Å². The Morgan fingerprint density at radius 1 is 1.29 bits per heavy atom. The van der Waals surface area contributed by atoms with E-state index in [0.29, 0.717) is 22.6 Å². The molecule has 1 aromatic carbocycles. The summed E-state index contributed by atoms with van der Waals surface area (Å²) in [5.74, 6) is -0.165. The maximum atomic E-state index is 14.4. The van der Waals surface area contributed by atoms with Crippen LogP contribution in [0.3, 0.4) is 0 Å². The van der Waals surface area contributed by atoms with E-state index in [2.05, 4.69) is 5.16 Å². The average Bonchev–Trinajstić information content (AvgIpc) is 3.04. The highest BCUT2D eigenvalue weighted by Gasteiger charge is 2.29. The van der Waals surface area contributed by atoms with Crippen LogP contribution in [-0.4, -0.2) is 23.0 Å². The van der Waals surface area contributed by atoms with Crippen LogP contribution in [0.2, 0.25) is 0 Å². The SMILES string of the molecule is CC(C)(F)c1cc2c(cc1-c1cc(C(=O)O)no1)OCO2. The highest BCUT2D eigenvalue weighted by Crippen LogP contribution is 2.43. The van der Waals surface area contributed by atoms with Gasteiger partial charge in [-0.15, -0.1) is 0 Å². The van der Waals surface area contributed by atoms with Gasteiger partial charge in [0.1, 0.15) is 5.67 Å². The van der Waals surface area contributed by atoms with Gasteiger partial charge in [0.15, 0.2) is 23.0 Å². The Morgan fingerprint density at radius 3 is 2.52 bits per heavy atom. The van der Waals surface area contributed by atoms with Crippen LogP contribution in [0.5, 0.6) is 11.5 Å². The first-order valence-electron chi connectivity index (χ1n) is 6.19. The zero-order valence-electron chi connectivity index (χ0n) is 11.3. The third-order valence-electron chi connectivity index (χ3n) is 3.15. The van der Waals surface area contributed by atoms with Gasteiger partial charge in [-0.05, 0) is 26.0 Å². The van der Waals surface area contributed by atoms with Crippen molar-refractivity contribution in [3.05, 3.63) is 29.5 Å². The molecule has 0 atom stereocenters. The summed E-state index contributed by atoms with van der Waals surface area (Å²) in [7, 11) is 0. The number of carboxylic acids is 1. The number of fused-ring (bicyclic) bond motifs is 1. The number of carbonyl (C=O) groups is 1. The fraction of sp³-hybridized carbons (Fsp3) is 0.286. The van der Waals surface area contributed by atoms with Gasteiger partial charge in [0, 0.05) is 17.2 Å². The smallest absolute Gasteiger partial charge is 0.358 e. The van der Waals surface area contributed by atoms with Gasteiger partial charge in [0.25, 0.3) is 0 Å². The van der Waals surface area contributed by atoms with Crippen molar-refractivity contribution in [2.75, 3.05) is 6.79 Å². The normalized spacial score (nSPS) is 13.5. The van der Waals surface area contributed by atoms with E-state index in [4.69, 9.17) is 19.1 Å². The molecule has 0 saturated heterocycles. The van der Waals surface area contributed by atoms with Gasteiger partial charge in [-0.2, -0.15) is 0 Å². The van der Waals surface area contributed by atoms with Crippen molar-refractivity contribution in [2.24, 2.45) is 0 Å². The van der Waals surface area contributed by atoms with Crippen LogP contribution < -0.4 is 9.47 Å². The molecule has 1 aliphatic rings. The van der Waals surface area contributed by atoms with E-state index in [1.54, 1.807) is 6.07 Å². The molecule has 0 amide bonds. The summed E-state index contributed by atoms with van der Waals surface area (Å²) in [6.45, 7) is 2.84. The van der Waals surface area contributed by atoms with Gasteiger partial charge in [-0.3, -0.25) is 0 Å². The van der Waals surface area contributed by atoms with Gasteiger partial charge < -0.3 is 19.1 Å². The molecule has 3 rings (SSSR count). The summed E-state index contributed by atoms with van der Waals surface area (Å²) in [6, 6.07) is 4.33. The number of alkyl halides is 1. The third-order valence-corrected chi connectivity index (χ3v) is 3.15. The van der Waals surface area contributed by atoms with Crippen molar-refractivity contribution in [3.8, 4) is 22.8 Å². The van der Waals surface area contributed by atoms with Crippen molar-refractivity contribution < 1.29 is 28.3 Å². The molecule has 1 N–H and O–H groups in total. The van der Waals surface area contributed by atoms with E-state index >= 15 is 0 Å². The average molecular weight is 293 g/mol. The Morgan fingerprint density at radius 2 is 1.95 bits per heavy atom. The Hall–Kier alpha value is -2.57. The lowest BCUT2D eigenvalue weighted by atomic mass is 9.92.